The van der Waals surface area contributed by atoms with Crippen molar-refractivity contribution >= 4 is 11.6 Å². The maximum atomic E-state index is 13.2. The second-order valence-electron chi connectivity index (χ2n) is 3.39. The normalized spacial score (nSPS) is 20.0. The maximum Gasteiger partial charge on any atom is 0.483 e. The van der Waals surface area contributed by atoms with Crippen molar-refractivity contribution in [3.8, 4) is 5.75 Å². The molecule has 0 spiro atoms. The molecule has 2 rings (SSSR count). The van der Waals surface area contributed by atoms with Crippen molar-refractivity contribution in [3.63, 3.8) is 0 Å². The van der Waals surface area contributed by atoms with Crippen LogP contribution in [0.5, 0.6) is 5.75 Å². The number of fused-ring (bicyclic) bond motifs is 1. The van der Waals surface area contributed by atoms with E-state index in [1.165, 1.54) is 25.1 Å². The molecule has 16 heavy (non-hydrogen) atoms. The number of amides is 1. The number of alkyl halides is 2. The van der Waals surface area contributed by atoms with Gasteiger partial charge in [0.2, 0.25) is 0 Å². The monoisotopic (exact) mass is 229 g/mol. The van der Waals surface area contributed by atoms with Gasteiger partial charge in [-0.15, -0.1) is 0 Å². The molecule has 6 heteroatoms. The number of anilines is 1. The van der Waals surface area contributed by atoms with Gasteiger partial charge in [-0.2, -0.15) is 8.78 Å². The molecule has 1 aromatic carbocycles. The Hall–Kier alpha value is -1.69. The lowest BCUT2D eigenvalue weighted by Gasteiger charge is -2.34. The Kier molecular flexibility index (Phi) is 2.31. The minimum atomic E-state index is -3.94. The van der Waals surface area contributed by atoms with Crippen LogP contribution < -0.4 is 9.64 Å². The minimum absolute atomic E-state index is 0.131. The molecular weight excluding hydrogens is 220 g/mol. The largest absolute Gasteiger partial charge is 0.483 e. The number of nitrogens with zero attached hydrogens (tertiary/aromatic N) is 1. The zero-order chi connectivity index (χ0) is 11.9. The zero-order valence-corrected chi connectivity index (χ0v) is 8.35. The van der Waals surface area contributed by atoms with Crippen molar-refractivity contribution in [2.45, 2.75) is 19.3 Å². The van der Waals surface area contributed by atoms with Gasteiger partial charge < -0.3 is 9.84 Å². The molecule has 4 nitrogen and oxygen atoms in total. The molecule has 1 N–H and O–H groups in total. The number of hydrogen-bond acceptors (Lipinski definition) is 3. The molecule has 0 fully saturated rings. The third-order valence-corrected chi connectivity index (χ3v) is 2.20. The molecule has 1 aliphatic heterocycles. The van der Waals surface area contributed by atoms with Crippen LogP contribution in [0.25, 0.3) is 0 Å². The third kappa shape index (κ3) is 1.51. The molecule has 1 heterocycles. The van der Waals surface area contributed by atoms with E-state index in [2.05, 4.69) is 4.74 Å². The van der Waals surface area contributed by atoms with Crippen molar-refractivity contribution < 1.29 is 23.4 Å². The first kappa shape index (κ1) is 10.8. The summed E-state index contributed by atoms with van der Waals surface area (Å²) in [6.45, 7) is 1.23. The Bertz CT molecular complexity index is 434. The topological polar surface area (TPSA) is 49.8 Å². The lowest BCUT2D eigenvalue weighted by Crippen LogP contribution is -2.53. The standard InChI is InChI=1S/C10H9F2NO3/c1-6(14)13-7-4-2-3-5-8(7)16-10(11,12)9(13)15/h2-6,14H,1H3/t6-/m1/s1. The van der Waals surface area contributed by atoms with Gasteiger partial charge in [0.25, 0.3) is 0 Å². The number of carbonyl (C=O) groups is 1. The molecule has 0 aromatic heterocycles. The van der Waals surface area contributed by atoms with E-state index in [1.807, 2.05) is 0 Å². The van der Waals surface area contributed by atoms with E-state index in [4.69, 9.17) is 0 Å². The Morgan fingerprint density at radius 2 is 2.06 bits per heavy atom. The molecule has 0 saturated carbocycles. The van der Waals surface area contributed by atoms with Gasteiger partial charge in [0.05, 0.1) is 5.69 Å². The first-order chi connectivity index (χ1) is 7.43. The van der Waals surface area contributed by atoms with Crippen molar-refractivity contribution in [2.75, 3.05) is 4.90 Å². The van der Waals surface area contributed by atoms with Crippen LogP contribution in [0.3, 0.4) is 0 Å². The van der Waals surface area contributed by atoms with Gasteiger partial charge in [-0.1, -0.05) is 12.1 Å². The minimum Gasteiger partial charge on any atom is -0.423 e. The van der Waals surface area contributed by atoms with Gasteiger partial charge in [-0.3, -0.25) is 9.69 Å². The maximum absolute atomic E-state index is 13.2. The summed E-state index contributed by atoms with van der Waals surface area (Å²) < 4.78 is 30.6. The Morgan fingerprint density at radius 3 is 2.69 bits per heavy atom. The summed E-state index contributed by atoms with van der Waals surface area (Å²) in [7, 11) is 0. The molecular formula is C10H9F2NO3. The summed E-state index contributed by atoms with van der Waals surface area (Å²) in [5.41, 5.74) is 0.133. The summed E-state index contributed by atoms with van der Waals surface area (Å²) in [6.07, 6.45) is -5.28. The Labute approximate surface area is 90.0 Å². The molecule has 0 radical (unpaired) electrons. The highest BCUT2D eigenvalue weighted by molar-refractivity contribution is 6.01. The number of halogens is 2. The number of carbonyl (C=O) groups excluding carboxylic acids is 1. The number of para-hydroxylation sites is 2. The van der Waals surface area contributed by atoms with Gasteiger partial charge >= 0.3 is 12.0 Å². The summed E-state index contributed by atoms with van der Waals surface area (Å²) in [5.74, 6) is -1.70. The average molecular weight is 229 g/mol. The number of aliphatic hydroxyl groups is 1. The van der Waals surface area contributed by atoms with E-state index in [0.29, 0.717) is 4.90 Å². The van der Waals surface area contributed by atoms with Crippen LogP contribution >= 0.6 is 0 Å². The highest BCUT2D eigenvalue weighted by Gasteiger charge is 2.51. The lowest BCUT2D eigenvalue weighted by atomic mass is 10.2. The van der Waals surface area contributed by atoms with Crippen molar-refractivity contribution in [2.24, 2.45) is 0 Å². The van der Waals surface area contributed by atoms with Crippen LogP contribution in [-0.4, -0.2) is 23.4 Å². The second kappa shape index (κ2) is 3.41. The Morgan fingerprint density at radius 1 is 1.44 bits per heavy atom. The molecule has 1 atom stereocenters. The molecule has 0 saturated heterocycles. The van der Waals surface area contributed by atoms with Gasteiger partial charge in [0.15, 0.2) is 5.75 Å². The number of benzene rings is 1. The van der Waals surface area contributed by atoms with E-state index >= 15 is 0 Å². The van der Waals surface area contributed by atoms with Crippen LogP contribution in [0.2, 0.25) is 0 Å². The smallest absolute Gasteiger partial charge is 0.423 e. The average Bonchev–Trinajstić information content (AvgIpc) is 2.18. The van der Waals surface area contributed by atoms with Gasteiger partial charge in [-0.25, -0.2) is 0 Å². The number of aliphatic hydroxyl groups excluding tert-OH is 1. The predicted octanol–water partition coefficient (Wildman–Crippen LogP) is 1.34. The quantitative estimate of drug-likeness (QED) is 0.790. The van der Waals surface area contributed by atoms with E-state index in [0.717, 1.165) is 0 Å². The van der Waals surface area contributed by atoms with Crippen molar-refractivity contribution in [1.29, 1.82) is 0 Å². The highest BCUT2D eigenvalue weighted by Crippen LogP contribution is 2.39. The fourth-order valence-corrected chi connectivity index (χ4v) is 1.54. The first-order valence-corrected chi connectivity index (χ1v) is 4.61. The van der Waals surface area contributed by atoms with Crippen LogP contribution in [0, 0.1) is 0 Å². The van der Waals surface area contributed by atoms with E-state index < -0.39 is 18.2 Å². The molecule has 0 bridgehead atoms. The number of hydrogen-bond donors (Lipinski definition) is 1. The summed E-state index contributed by atoms with van der Waals surface area (Å²) >= 11 is 0. The molecule has 0 aliphatic carbocycles. The Balaban J connectivity index is 2.56. The van der Waals surface area contributed by atoms with E-state index in [1.54, 1.807) is 6.07 Å². The van der Waals surface area contributed by atoms with E-state index in [-0.39, 0.29) is 11.4 Å². The first-order valence-electron chi connectivity index (χ1n) is 4.61. The van der Waals surface area contributed by atoms with Crippen LogP contribution in [-0.2, 0) is 4.79 Å². The molecule has 1 aromatic rings. The van der Waals surface area contributed by atoms with Gasteiger partial charge in [0.1, 0.15) is 6.23 Å². The number of rotatable bonds is 1. The second-order valence-corrected chi connectivity index (χ2v) is 3.39. The fourth-order valence-electron chi connectivity index (χ4n) is 1.54. The van der Waals surface area contributed by atoms with E-state index in [9.17, 15) is 18.7 Å². The van der Waals surface area contributed by atoms with Crippen molar-refractivity contribution in [1.82, 2.24) is 0 Å². The van der Waals surface area contributed by atoms with Gasteiger partial charge in [0, 0.05) is 0 Å². The summed E-state index contributed by atoms with van der Waals surface area (Å²) in [6, 6.07) is 5.81. The highest BCUT2D eigenvalue weighted by atomic mass is 19.3. The van der Waals surface area contributed by atoms with Crippen LogP contribution in [0.4, 0.5) is 14.5 Å². The summed E-state index contributed by atoms with van der Waals surface area (Å²) in [4.78, 5) is 12.0. The molecule has 0 unspecified atom stereocenters. The van der Waals surface area contributed by atoms with Crippen molar-refractivity contribution in [3.05, 3.63) is 24.3 Å². The number of ether oxygens (including phenoxy) is 1. The molecule has 86 valence electrons. The zero-order valence-electron chi connectivity index (χ0n) is 8.35. The molecule has 1 amide bonds. The fraction of sp³-hybridized carbons (Fsp3) is 0.300. The van der Waals surface area contributed by atoms with Gasteiger partial charge in [-0.05, 0) is 19.1 Å². The SMILES string of the molecule is C[C@@H](O)N1C(=O)C(F)(F)Oc2ccccc21. The third-order valence-electron chi connectivity index (χ3n) is 2.20. The predicted molar refractivity (Wildman–Crippen MR) is 51.2 cm³/mol. The van der Waals surface area contributed by atoms with Crippen LogP contribution in [0.15, 0.2) is 24.3 Å². The molecule has 1 aliphatic rings. The lowest BCUT2D eigenvalue weighted by molar-refractivity contribution is -0.194. The summed E-state index contributed by atoms with van der Waals surface area (Å²) in [5, 5.41) is 9.34. The van der Waals surface area contributed by atoms with Crippen LogP contribution in [0.1, 0.15) is 6.92 Å².